The van der Waals surface area contributed by atoms with Crippen molar-refractivity contribution in [2.45, 2.75) is 18.6 Å². The summed E-state index contributed by atoms with van der Waals surface area (Å²) in [5, 5.41) is 12.1. The summed E-state index contributed by atoms with van der Waals surface area (Å²) in [4.78, 5) is 12.0. The third kappa shape index (κ3) is 4.48. The van der Waals surface area contributed by atoms with Gasteiger partial charge >= 0.3 is 0 Å². The van der Waals surface area contributed by atoms with Gasteiger partial charge in [0.1, 0.15) is 0 Å². The molecule has 0 radical (unpaired) electrons. The van der Waals surface area contributed by atoms with E-state index in [9.17, 15) is 4.79 Å². The van der Waals surface area contributed by atoms with Crippen LogP contribution in [0.15, 0.2) is 59.8 Å². The first-order valence-corrected chi connectivity index (χ1v) is 9.02. The Morgan fingerprint density at radius 1 is 1.12 bits per heavy atom. The standard InChI is InChI=1S/C19H20N4OS/c1-14-7-6-10-16(11-14)18-21-22-19(23(18)2)25-13-17(24)20-12-15-8-4-3-5-9-15/h3-11H,12-13H2,1-2H3,(H,20,24). The first-order chi connectivity index (χ1) is 12.1. The highest BCUT2D eigenvalue weighted by molar-refractivity contribution is 7.99. The summed E-state index contributed by atoms with van der Waals surface area (Å²) >= 11 is 1.39. The van der Waals surface area contributed by atoms with Crippen molar-refractivity contribution in [3.05, 3.63) is 65.7 Å². The highest BCUT2D eigenvalue weighted by atomic mass is 32.2. The number of aromatic nitrogens is 3. The second-order valence-electron chi connectivity index (χ2n) is 5.79. The summed E-state index contributed by atoms with van der Waals surface area (Å²) in [6.45, 7) is 2.58. The van der Waals surface area contributed by atoms with Gasteiger partial charge in [-0.2, -0.15) is 0 Å². The van der Waals surface area contributed by atoms with Gasteiger partial charge in [0.05, 0.1) is 5.75 Å². The van der Waals surface area contributed by atoms with Crippen molar-refractivity contribution in [2.24, 2.45) is 7.05 Å². The first kappa shape index (κ1) is 17.2. The van der Waals surface area contributed by atoms with E-state index in [0.717, 1.165) is 22.1 Å². The number of hydrogen-bond donors (Lipinski definition) is 1. The Labute approximate surface area is 151 Å². The lowest BCUT2D eigenvalue weighted by atomic mass is 10.1. The van der Waals surface area contributed by atoms with Gasteiger partial charge in [0.15, 0.2) is 11.0 Å². The molecule has 0 unspecified atom stereocenters. The molecule has 25 heavy (non-hydrogen) atoms. The van der Waals surface area contributed by atoms with E-state index in [2.05, 4.69) is 21.6 Å². The lowest BCUT2D eigenvalue weighted by Gasteiger charge is -2.06. The van der Waals surface area contributed by atoms with Crippen molar-refractivity contribution in [3.8, 4) is 11.4 Å². The normalized spacial score (nSPS) is 10.6. The highest BCUT2D eigenvalue weighted by Gasteiger charge is 2.13. The Kier molecular flexibility index (Phi) is 5.50. The van der Waals surface area contributed by atoms with Crippen molar-refractivity contribution < 1.29 is 4.79 Å². The average molecular weight is 352 g/mol. The molecule has 0 fully saturated rings. The molecule has 0 bridgehead atoms. The molecule has 0 aliphatic heterocycles. The maximum absolute atomic E-state index is 12.0. The predicted octanol–water partition coefficient (Wildman–Crippen LogP) is 3.20. The van der Waals surface area contributed by atoms with Crippen molar-refractivity contribution in [1.82, 2.24) is 20.1 Å². The number of hydrogen-bond acceptors (Lipinski definition) is 4. The molecular formula is C19H20N4OS. The number of carbonyl (C=O) groups is 1. The van der Waals surface area contributed by atoms with Crippen molar-refractivity contribution in [1.29, 1.82) is 0 Å². The predicted molar refractivity (Wildman–Crippen MR) is 100 cm³/mol. The van der Waals surface area contributed by atoms with Gasteiger partial charge < -0.3 is 9.88 Å². The van der Waals surface area contributed by atoms with Crippen LogP contribution in [-0.4, -0.2) is 26.4 Å². The van der Waals surface area contributed by atoms with Gasteiger partial charge in [-0.1, -0.05) is 65.9 Å². The van der Waals surface area contributed by atoms with Gasteiger partial charge in [-0.25, -0.2) is 0 Å². The fourth-order valence-corrected chi connectivity index (χ4v) is 3.19. The molecule has 5 nitrogen and oxygen atoms in total. The number of benzene rings is 2. The molecule has 2 aromatic carbocycles. The first-order valence-electron chi connectivity index (χ1n) is 8.03. The van der Waals surface area contributed by atoms with E-state index in [1.54, 1.807) is 0 Å². The smallest absolute Gasteiger partial charge is 0.230 e. The van der Waals surface area contributed by atoms with Crippen molar-refractivity contribution in [2.75, 3.05) is 5.75 Å². The molecular weight excluding hydrogens is 332 g/mol. The van der Waals surface area contributed by atoms with Crippen LogP contribution in [0.25, 0.3) is 11.4 Å². The third-order valence-corrected chi connectivity index (χ3v) is 4.80. The van der Waals surface area contributed by atoms with Gasteiger partial charge in [-0.15, -0.1) is 10.2 Å². The number of thioether (sulfide) groups is 1. The van der Waals surface area contributed by atoms with E-state index in [1.165, 1.54) is 17.3 Å². The fourth-order valence-electron chi connectivity index (χ4n) is 2.45. The second-order valence-corrected chi connectivity index (χ2v) is 6.73. The third-order valence-electron chi connectivity index (χ3n) is 3.78. The van der Waals surface area contributed by atoms with Crippen LogP contribution in [0.4, 0.5) is 0 Å². The van der Waals surface area contributed by atoms with E-state index < -0.39 is 0 Å². The quantitative estimate of drug-likeness (QED) is 0.692. The summed E-state index contributed by atoms with van der Waals surface area (Å²) in [7, 11) is 1.92. The van der Waals surface area contributed by atoms with Crippen LogP contribution in [0.1, 0.15) is 11.1 Å². The lowest BCUT2D eigenvalue weighted by molar-refractivity contribution is -0.118. The zero-order valence-corrected chi connectivity index (χ0v) is 15.1. The summed E-state index contributed by atoms with van der Waals surface area (Å²) in [5.74, 6) is 1.09. The number of aryl methyl sites for hydroxylation is 1. The zero-order chi connectivity index (χ0) is 17.6. The Morgan fingerprint density at radius 3 is 2.68 bits per heavy atom. The van der Waals surface area contributed by atoms with Crippen molar-refractivity contribution in [3.63, 3.8) is 0 Å². The van der Waals surface area contributed by atoms with Crippen LogP contribution in [0.5, 0.6) is 0 Å². The number of rotatable bonds is 6. The van der Waals surface area contributed by atoms with Gasteiger partial charge in [0, 0.05) is 19.2 Å². The minimum absolute atomic E-state index is 0.0195. The zero-order valence-electron chi connectivity index (χ0n) is 14.3. The minimum Gasteiger partial charge on any atom is -0.351 e. The van der Waals surface area contributed by atoms with Crippen LogP contribution >= 0.6 is 11.8 Å². The molecule has 1 N–H and O–H groups in total. The van der Waals surface area contributed by atoms with E-state index in [4.69, 9.17) is 0 Å². The van der Waals surface area contributed by atoms with E-state index in [1.807, 2.05) is 67.1 Å². The molecule has 3 rings (SSSR count). The van der Waals surface area contributed by atoms with Gasteiger partial charge in [-0.05, 0) is 18.6 Å². The molecule has 1 amide bonds. The second kappa shape index (κ2) is 7.98. The summed E-state index contributed by atoms with van der Waals surface area (Å²) in [6.07, 6.45) is 0. The van der Waals surface area contributed by atoms with Crippen molar-refractivity contribution >= 4 is 17.7 Å². The molecule has 0 spiro atoms. The van der Waals surface area contributed by atoms with Crippen LogP contribution < -0.4 is 5.32 Å². The Morgan fingerprint density at radius 2 is 1.92 bits per heavy atom. The van der Waals surface area contributed by atoms with E-state index in [0.29, 0.717) is 12.3 Å². The topological polar surface area (TPSA) is 59.8 Å². The minimum atomic E-state index is -0.0195. The average Bonchev–Trinajstić information content (AvgIpc) is 3.00. The molecule has 0 saturated heterocycles. The number of nitrogens with zero attached hydrogens (tertiary/aromatic N) is 3. The van der Waals surface area contributed by atoms with Gasteiger partial charge in [0.2, 0.25) is 5.91 Å². The largest absolute Gasteiger partial charge is 0.351 e. The molecule has 3 aromatic rings. The number of amides is 1. The molecule has 0 atom stereocenters. The Bertz CT molecular complexity index is 861. The highest BCUT2D eigenvalue weighted by Crippen LogP contribution is 2.23. The van der Waals surface area contributed by atoms with Crippen LogP contribution in [0.3, 0.4) is 0 Å². The molecule has 0 aliphatic rings. The molecule has 0 aliphatic carbocycles. The maximum atomic E-state index is 12.0. The maximum Gasteiger partial charge on any atom is 0.230 e. The molecule has 0 saturated carbocycles. The molecule has 6 heteroatoms. The van der Waals surface area contributed by atoms with Gasteiger partial charge in [-0.3, -0.25) is 4.79 Å². The fraction of sp³-hybridized carbons (Fsp3) is 0.211. The molecule has 128 valence electrons. The van der Waals surface area contributed by atoms with Crippen LogP contribution in [-0.2, 0) is 18.4 Å². The van der Waals surface area contributed by atoms with E-state index in [-0.39, 0.29) is 5.91 Å². The Balaban J connectivity index is 1.58. The summed E-state index contributed by atoms with van der Waals surface area (Å²) < 4.78 is 1.92. The SMILES string of the molecule is Cc1cccc(-c2nnc(SCC(=O)NCc3ccccc3)n2C)c1. The summed E-state index contributed by atoms with van der Waals surface area (Å²) in [5.41, 5.74) is 3.28. The summed E-state index contributed by atoms with van der Waals surface area (Å²) in [6, 6.07) is 18.0. The molecule has 1 heterocycles. The molecule has 1 aromatic heterocycles. The number of nitrogens with one attached hydrogen (secondary N) is 1. The lowest BCUT2D eigenvalue weighted by Crippen LogP contribution is -2.24. The van der Waals surface area contributed by atoms with Crippen LogP contribution in [0, 0.1) is 6.92 Å². The Hall–Kier alpha value is -2.60. The number of carbonyl (C=O) groups excluding carboxylic acids is 1. The van der Waals surface area contributed by atoms with Crippen LogP contribution in [0.2, 0.25) is 0 Å². The van der Waals surface area contributed by atoms with E-state index >= 15 is 0 Å². The monoisotopic (exact) mass is 352 g/mol. The van der Waals surface area contributed by atoms with Gasteiger partial charge in [0.25, 0.3) is 0 Å².